The molecule has 6 heterocycles. The lowest BCUT2D eigenvalue weighted by Crippen LogP contribution is -2.00. The number of thiophene rings is 3. The highest BCUT2D eigenvalue weighted by molar-refractivity contribution is 7.27. The van der Waals surface area contributed by atoms with E-state index in [9.17, 15) is 0 Å². The summed E-state index contributed by atoms with van der Waals surface area (Å²) in [5.41, 5.74) is 18.5. The van der Waals surface area contributed by atoms with Crippen LogP contribution in [0.4, 0.5) is 0 Å². The fourth-order valence-corrected chi connectivity index (χ4v) is 21.8. The van der Waals surface area contributed by atoms with Crippen LogP contribution >= 0.6 is 34.0 Å². The van der Waals surface area contributed by atoms with Gasteiger partial charge in [-0.05, 0) is 119 Å². The van der Waals surface area contributed by atoms with Gasteiger partial charge in [-0.25, -0.2) is 44.9 Å². The molecule has 0 bridgehead atoms. The topological polar surface area (TPSA) is 116 Å². The zero-order valence-corrected chi connectivity index (χ0v) is 74.0. The van der Waals surface area contributed by atoms with Gasteiger partial charge >= 0.3 is 0 Å². The molecule has 9 nitrogen and oxygen atoms in total. The average molecular weight is 1750 g/mol. The number of hydrogen-bond acceptors (Lipinski definition) is 12. The summed E-state index contributed by atoms with van der Waals surface area (Å²) in [5, 5.41) is 17.4. The Balaban J connectivity index is 0.000000110. The third kappa shape index (κ3) is 15.5. The Labute approximate surface area is 778 Å². The molecule has 0 saturated carbocycles. The summed E-state index contributed by atoms with van der Waals surface area (Å²) in [6, 6.07) is 159. The van der Waals surface area contributed by atoms with Crippen molar-refractivity contribution in [1.29, 1.82) is 0 Å². The third-order valence-corrected chi connectivity index (χ3v) is 28.4. The lowest BCUT2D eigenvalue weighted by molar-refractivity contribution is 1.07. The van der Waals surface area contributed by atoms with Crippen molar-refractivity contribution in [2.45, 2.75) is 0 Å². The predicted molar refractivity (Wildman–Crippen MR) is 559 cm³/mol. The molecule has 622 valence electrons. The second kappa shape index (κ2) is 34.6. The maximum atomic E-state index is 5.10. The standard InChI is InChI=1S/C43H27N3S.C41H25N3S.C37H23N3S/c1-4-11-28(12-5-1)30-19-21-32(22-20-30)42-44-41(31-15-8-3-9-16-31)45-43(46-42)38-18-10-17-36-34(38)25-26-37-35-24-23-33(27-39(35)47-40(36)37)29-13-6-2-7-14-29;1-3-11-28(12-4-1)39-42-40(29-13-5-2-6-14-29)44-41(43-39)31-19-18-27-20-22-34-36-24-30(21-23-37(36)45-38(34)35(27)25-31)33-17-9-15-26-10-7-8-16-32(26)33;1-4-10-24(11-5-1)27-18-21-33-32(23-27)31-20-16-28-22-29(17-19-30(28)34(31)41-33)37-39-35(25-12-6-2-7-13-25)38-36(40-37)26-14-8-3-9-15-26/h1-27H;1-25H;1-23H. The van der Waals surface area contributed by atoms with Gasteiger partial charge in [0.15, 0.2) is 52.4 Å². The molecule has 0 atom stereocenters. The van der Waals surface area contributed by atoms with Gasteiger partial charge in [0.1, 0.15) is 0 Å². The molecule has 0 amide bonds. The number of fused-ring (bicyclic) bond motifs is 16. The first kappa shape index (κ1) is 79.5. The van der Waals surface area contributed by atoms with E-state index in [1.165, 1.54) is 137 Å². The number of hydrogen-bond donors (Lipinski definition) is 0. The summed E-state index contributed by atoms with van der Waals surface area (Å²) in [4.78, 5) is 44.7. The smallest absolute Gasteiger partial charge is 0.164 e. The average Bonchev–Trinajstić information content (AvgIpc) is 1.63. The summed E-state index contributed by atoms with van der Waals surface area (Å²) in [7, 11) is 0. The highest BCUT2D eigenvalue weighted by Crippen LogP contribution is 2.47. The normalized spacial score (nSPS) is 11.5. The van der Waals surface area contributed by atoms with E-state index in [1.54, 1.807) is 0 Å². The minimum atomic E-state index is 0.654. The van der Waals surface area contributed by atoms with Crippen molar-refractivity contribution >= 4 is 138 Å². The van der Waals surface area contributed by atoms with E-state index in [2.05, 4.69) is 309 Å². The Morgan fingerprint density at radius 1 is 0.120 bits per heavy atom. The van der Waals surface area contributed by atoms with Gasteiger partial charge in [-0.3, -0.25) is 0 Å². The van der Waals surface area contributed by atoms with Crippen molar-refractivity contribution in [3.05, 3.63) is 455 Å². The van der Waals surface area contributed by atoms with Crippen LogP contribution in [-0.2, 0) is 0 Å². The Morgan fingerprint density at radius 3 is 0.932 bits per heavy atom. The van der Waals surface area contributed by atoms with E-state index < -0.39 is 0 Å². The maximum Gasteiger partial charge on any atom is 0.164 e. The van der Waals surface area contributed by atoms with E-state index in [0.29, 0.717) is 52.4 Å². The second-order valence-corrected chi connectivity index (χ2v) is 36.1. The van der Waals surface area contributed by atoms with Gasteiger partial charge in [-0.1, -0.05) is 413 Å². The molecule has 0 spiro atoms. The van der Waals surface area contributed by atoms with Crippen molar-refractivity contribution < 1.29 is 0 Å². The van der Waals surface area contributed by atoms with Gasteiger partial charge in [0, 0.05) is 121 Å². The number of aromatic nitrogens is 9. The summed E-state index contributed by atoms with van der Waals surface area (Å²) >= 11 is 5.55. The zero-order chi connectivity index (χ0) is 88.1. The second-order valence-electron chi connectivity index (χ2n) is 33.0. The van der Waals surface area contributed by atoms with Gasteiger partial charge < -0.3 is 0 Å². The molecule has 0 fully saturated rings. The minimum absolute atomic E-state index is 0.654. The summed E-state index contributed by atoms with van der Waals surface area (Å²) in [6.45, 7) is 0. The Hall–Kier alpha value is -16.9. The van der Waals surface area contributed by atoms with Crippen LogP contribution in [-0.4, -0.2) is 44.9 Å². The molecule has 0 saturated heterocycles. The van der Waals surface area contributed by atoms with Crippen LogP contribution in [0, 0.1) is 0 Å². The van der Waals surface area contributed by atoms with E-state index in [-0.39, 0.29) is 0 Å². The predicted octanol–water partition coefficient (Wildman–Crippen LogP) is 33.0. The van der Waals surface area contributed by atoms with Gasteiger partial charge in [0.25, 0.3) is 0 Å². The molecule has 6 aromatic heterocycles. The number of rotatable bonds is 13. The van der Waals surface area contributed by atoms with Crippen molar-refractivity contribution in [2.75, 3.05) is 0 Å². The van der Waals surface area contributed by atoms with E-state index >= 15 is 0 Å². The fraction of sp³-hybridized carbons (Fsp3) is 0. The number of nitrogens with zero attached hydrogens (tertiary/aromatic N) is 9. The Bertz CT molecular complexity index is 8790. The lowest BCUT2D eigenvalue weighted by atomic mass is 9.96. The molecular weight excluding hydrogens is 1680 g/mol. The first-order valence-corrected chi connectivity index (χ1v) is 46.8. The molecule has 133 heavy (non-hydrogen) atoms. The molecular formula is C121H75N9S3. The lowest BCUT2D eigenvalue weighted by Gasteiger charge is -2.11. The molecule has 0 aliphatic heterocycles. The Morgan fingerprint density at radius 2 is 0.398 bits per heavy atom. The monoisotopic (exact) mass is 1750 g/mol. The highest BCUT2D eigenvalue weighted by Gasteiger charge is 2.22. The molecule has 20 aromatic carbocycles. The van der Waals surface area contributed by atoms with Crippen LogP contribution in [0.15, 0.2) is 455 Å². The zero-order valence-electron chi connectivity index (χ0n) is 71.6. The van der Waals surface area contributed by atoms with Crippen LogP contribution in [0.5, 0.6) is 0 Å². The van der Waals surface area contributed by atoms with Crippen molar-refractivity contribution in [2.24, 2.45) is 0 Å². The van der Waals surface area contributed by atoms with Crippen LogP contribution in [0.2, 0.25) is 0 Å². The van der Waals surface area contributed by atoms with Crippen LogP contribution in [0.3, 0.4) is 0 Å². The third-order valence-electron chi connectivity index (χ3n) is 24.8. The molecule has 0 unspecified atom stereocenters. The van der Waals surface area contributed by atoms with Crippen molar-refractivity contribution in [3.63, 3.8) is 0 Å². The Kier molecular flexibility index (Phi) is 20.7. The first-order valence-electron chi connectivity index (χ1n) is 44.3. The molecule has 0 N–H and O–H groups in total. The molecule has 0 aliphatic carbocycles. The quantitative estimate of drug-likeness (QED) is 0.111. The van der Waals surface area contributed by atoms with Crippen molar-refractivity contribution in [1.82, 2.24) is 44.9 Å². The molecule has 0 radical (unpaired) electrons. The molecule has 0 aliphatic rings. The fourth-order valence-electron chi connectivity index (χ4n) is 18.1. The van der Waals surface area contributed by atoms with Crippen molar-refractivity contribution in [3.8, 4) is 147 Å². The molecule has 26 rings (SSSR count). The molecule has 12 heteroatoms. The minimum Gasteiger partial charge on any atom is -0.208 e. The summed E-state index contributed by atoms with van der Waals surface area (Å²) < 4.78 is 7.73. The molecule has 26 aromatic rings. The SMILES string of the molecule is c1ccc(-c2ccc(-c3nc(-c4ccccc4)nc(-c4cccc5c4ccc4c6ccc(-c7ccccc7)cc6sc54)n3)cc2)cc1.c1ccc(-c2ccc3sc4c5ccc(-c6nc(-c7ccccc7)nc(-c7ccccc7)n6)cc5ccc4c3c2)cc1.c1ccc(-c2nc(-c3ccccc3)nc(-c3ccc4ccc5c6cc(-c7cccc8ccccc78)ccc6sc5c4c3)n2)cc1. The summed E-state index contributed by atoms with van der Waals surface area (Å²) in [6.07, 6.45) is 0. The van der Waals surface area contributed by atoms with Gasteiger partial charge in [-0.2, -0.15) is 0 Å². The highest BCUT2D eigenvalue weighted by atomic mass is 32.1. The van der Waals surface area contributed by atoms with Crippen LogP contribution in [0.1, 0.15) is 0 Å². The van der Waals surface area contributed by atoms with Gasteiger partial charge in [0.2, 0.25) is 0 Å². The van der Waals surface area contributed by atoms with E-state index in [1.807, 2.05) is 180 Å². The summed E-state index contributed by atoms with van der Waals surface area (Å²) in [5.74, 6) is 5.99. The first-order chi connectivity index (χ1) is 65.9. The number of benzene rings is 20. The maximum absolute atomic E-state index is 5.10. The largest absolute Gasteiger partial charge is 0.208 e. The van der Waals surface area contributed by atoms with Crippen LogP contribution < -0.4 is 0 Å². The van der Waals surface area contributed by atoms with E-state index in [4.69, 9.17) is 44.9 Å². The van der Waals surface area contributed by atoms with Crippen LogP contribution in [0.25, 0.3) is 251 Å². The van der Waals surface area contributed by atoms with Gasteiger partial charge in [0.05, 0.1) is 0 Å². The van der Waals surface area contributed by atoms with E-state index in [0.717, 1.165) is 61.0 Å². The van der Waals surface area contributed by atoms with Gasteiger partial charge in [-0.15, -0.1) is 34.0 Å².